The van der Waals surface area contributed by atoms with E-state index in [0.29, 0.717) is 24.5 Å². The molecule has 2 nitrogen and oxygen atoms in total. The van der Waals surface area contributed by atoms with E-state index in [1.165, 1.54) is 5.56 Å². The third-order valence-electron chi connectivity index (χ3n) is 4.07. The van der Waals surface area contributed by atoms with Gasteiger partial charge in [-0.15, -0.1) is 0 Å². The molecular weight excluding hydrogens is 270 g/mol. The number of hydrogen-bond acceptors (Lipinski definition) is 1. The number of aromatic amines is 1. The summed E-state index contributed by atoms with van der Waals surface area (Å²) in [6, 6.07) is 18.5. The Balaban J connectivity index is 1.60. The van der Waals surface area contributed by atoms with Gasteiger partial charge in [-0.2, -0.15) is 0 Å². The van der Waals surface area contributed by atoms with Crippen LogP contribution in [0.3, 0.4) is 0 Å². The first-order valence-electron chi connectivity index (χ1n) is 7.83. The Labute approximate surface area is 131 Å². The molecule has 0 bridgehead atoms. The van der Waals surface area contributed by atoms with Gasteiger partial charge in [0, 0.05) is 29.9 Å². The molecular formula is C20H21NO. The maximum absolute atomic E-state index is 12.3. The number of fused-ring (bicyclic) bond motifs is 1. The lowest BCUT2D eigenvalue weighted by Gasteiger charge is -2.10. The van der Waals surface area contributed by atoms with Crippen LogP contribution in [0.25, 0.3) is 10.9 Å². The third-order valence-corrected chi connectivity index (χ3v) is 4.07. The van der Waals surface area contributed by atoms with Crippen molar-refractivity contribution in [1.82, 2.24) is 4.98 Å². The number of hydrogen-bond donors (Lipinski definition) is 1. The number of H-pyrrole nitrogens is 1. The number of aromatic nitrogens is 1. The molecule has 0 fully saturated rings. The van der Waals surface area contributed by atoms with Gasteiger partial charge in [-0.3, -0.25) is 4.79 Å². The van der Waals surface area contributed by atoms with Crippen molar-refractivity contribution in [2.75, 3.05) is 0 Å². The number of Topliss-reactive ketones (excluding diaryl/α,β-unsaturated/α-hetero) is 1. The molecule has 112 valence electrons. The Morgan fingerprint density at radius 3 is 2.59 bits per heavy atom. The summed E-state index contributed by atoms with van der Waals surface area (Å²) in [6.07, 6.45) is 4.07. The molecule has 0 amide bonds. The van der Waals surface area contributed by atoms with Crippen LogP contribution in [0.15, 0.2) is 60.8 Å². The Hall–Kier alpha value is -2.35. The van der Waals surface area contributed by atoms with E-state index in [-0.39, 0.29) is 0 Å². The first kappa shape index (κ1) is 14.6. The van der Waals surface area contributed by atoms with E-state index in [1.54, 1.807) is 0 Å². The van der Waals surface area contributed by atoms with Crippen LogP contribution in [-0.4, -0.2) is 10.8 Å². The van der Waals surface area contributed by atoms with Crippen molar-refractivity contribution in [3.63, 3.8) is 0 Å². The van der Waals surface area contributed by atoms with Crippen LogP contribution in [0.2, 0.25) is 0 Å². The third kappa shape index (κ3) is 3.45. The van der Waals surface area contributed by atoms with Crippen LogP contribution < -0.4 is 0 Å². The van der Waals surface area contributed by atoms with Gasteiger partial charge in [0.25, 0.3) is 0 Å². The van der Waals surface area contributed by atoms with Crippen molar-refractivity contribution in [1.29, 1.82) is 0 Å². The second-order valence-corrected chi connectivity index (χ2v) is 6.07. The maximum Gasteiger partial charge on any atom is 0.137 e. The highest BCUT2D eigenvalue weighted by Gasteiger charge is 2.13. The second-order valence-electron chi connectivity index (χ2n) is 6.07. The van der Waals surface area contributed by atoms with Crippen molar-refractivity contribution in [2.24, 2.45) is 5.92 Å². The Morgan fingerprint density at radius 2 is 1.77 bits per heavy atom. The van der Waals surface area contributed by atoms with E-state index >= 15 is 0 Å². The first-order valence-corrected chi connectivity index (χ1v) is 7.83. The van der Waals surface area contributed by atoms with Crippen molar-refractivity contribution < 1.29 is 4.79 Å². The van der Waals surface area contributed by atoms with Gasteiger partial charge < -0.3 is 4.98 Å². The molecule has 0 aliphatic heterocycles. The lowest BCUT2D eigenvalue weighted by atomic mass is 9.94. The highest BCUT2D eigenvalue weighted by atomic mass is 16.1. The molecule has 1 heterocycles. The minimum absolute atomic E-state index is 0.313. The zero-order valence-corrected chi connectivity index (χ0v) is 12.9. The topological polar surface area (TPSA) is 32.9 Å². The van der Waals surface area contributed by atoms with E-state index in [9.17, 15) is 4.79 Å². The number of rotatable bonds is 6. The number of nitrogens with one attached hydrogen (secondary N) is 1. The molecule has 1 atom stereocenters. The smallest absolute Gasteiger partial charge is 0.137 e. The Bertz CT molecular complexity index is 757. The largest absolute Gasteiger partial charge is 0.361 e. The number of benzene rings is 2. The SMILES string of the molecule is C[C@@H](CC(=O)Cc1c[nH]c2ccccc12)Cc1ccccc1. The summed E-state index contributed by atoms with van der Waals surface area (Å²) >= 11 is 0. The van der Waals surface area contributed by atoms with Crippen molar-refractivity contribution in [3.8, 4) is 0 Å². The quantitative estimate of drug-likeness (QED) is 0.710. The maximum atomic E-state index is 12.3. The average molecular weight is 291 g/mol. The predicted octanol–water partition coefficient (Wildman–Crippen LogP) is 4.55. The zero-order chi connectivity index (χ0) is 15.4. The minimum Gasteiger partial charge on any atom is -0.361 e. The molecule has 22 heavy (non-hydrogen) atoms. The minimum atomic E-state index is 0.313. The van der Waals surface area contributed by atoms with Gasteiger partial charge in [0.15, 0.2) is 0 Å². The fraction of sp³-hybridized carbons (Fsp3) is 0.250. The lowest BCUT2D eigenvalue weighted by Crippen LogP contribution is -2.10. The Kier molecular flexibility index (Phi) is 4.38. The summed E-state index contributed by atoms with van der Waals surface area (Å²) < 4.78 is 0. The Morgan fingerprint density at radius 1 is 1.05 bits per heavy atom. The fourth-order valence-corrected chi connectivity index (χ4v) is 3.04. The number of ketones is 1. The first-order chi connectivity index (χ1) is 10.7. The molecule has 0 radical (unpaired) electrons. The summed E-state index contributed by atoms with van der Waals surface area (Å²) in [5.74, 6) is 0.688. The predicted molar refractivity (Wildman–Crippen MR) is 90.9 cm³/mol. The number of carbonyl (C=O) groups excluding carboxylic acids is 1. The molecule has 1 aromatic heterocycles. The van der Waals surface area contributed by atoms with Gasteiger partial charge in [0.05, 0.1) is 0 Å². The fourth-order valence-electron chi connectivity index (χ4n) is 3.04. The summed E-state index contributed by atoms with van der Waals surface area (Å²) in [4.78, 5) is 15.6. The summed E-state index contributed by atoms with van der Waals surface area (Å²) in [5, 5.41) is 1.16. The van der Waals surface area contributed by atoms with Crippen molar-refractivity contribution in [2.45, 2.75) is 26.2 Å². The van der Waals surface area contributed by atoms with Crippen LogP contribution in [0, 0.1) is 5.92 Å². The van der Waals surface area contributed by atoms with Crippen molar-refractivity contribution >= 4 is 16.7 Å². The molecule has 0 saturated carbocycles. The van der Waals surface area contributed by atoms with Gasteiger partial charge in [-0.05, 0) is 29.5 Å². The molecule has 0 spiro atoms. The highest BCUT2D eigenvalue weighted by Crippen LogP contribution is 2.20. The van der Waals surface area contributed by atoms with Crippen LogP contribution >= 0.6 is 0 Å². The summed E-state index contributed by atoms with van der Waals surface area (Å²) in [6.45, 7) is 2.15. The molecule has 0 unspecified atom stereocenters. The molecule has 0 saturated heterocycles. The van der Waals surface area contributed by atoms with Crippen LogP contribution in [-0.2, 0) is 17.6 Å². The van der Waals surface area contributed by atoms with Gasteiger partial charge in [-0.25, -0.2) is 0 Å². The number of para-hydroxylation sites is 1. The molecule has 0 aliphatic carbocycles. The average Bonchev–Trinajstić information content (AvgIpc) is 2.91. The summed E-state index contributed by atoms with van der Waals surface area (Å²) in [5.41, 5.74) is 3.50. The normalized spacial score (nSPS) is 12.4. The van der Waals surface area contributed by atoms with Crippen molar-refractivity contribution in [3.05, 3.63) is 71.9 Å². The van der Waals surface area contributed by atoms with E-state index in [4.69, 9.17) is 0 Å². The van der Waals surface area contributed by atoms with Gasteiger partial charge in [0.1, 0.15) is 5.78 Å². The van der Waals surface area contributed by atoms with E-state index in [0.717, 1.165) is 22.9 Å². The monoisotopic (exact) mass is 291 g/mol. The highest BCUT2D eigenvalue weighted by molar-refractivity contribution is 5.89. The standard InChI is InChI=1S/C20H21NO/c1-15(11-16-7-3-2-4-8-16)12-18(22)13-17-14-21-20-10-6-5-9-19(17)20/h2-10,14-15,21H,11-13H2,1H3/t15-/m1/s1. The van der Waals surface area contributed by atoms with Gasteiger partial charge >= 0.3 is 0 Å². The number of carbonyl (C=O) groups is 1. The molecule has 1 N–H and O–H groups in total. The van der Waals surface area contributed by atoms with E-state index in [2.05, 4.69) is 42.2 Å². The zero-order valence-electron chi connectivity index (χ0n) is 12.9. The molecule has 2 heteroatoms. The van der Waals surface area contributed by atoms with Gasteiger partial charge in [-0.1, -0.05) is 55.5 Å². The second kappa shape index (κ2) is 6.61. The van der Waals surface area contributed by atoms with Crippen LogP contribution in [0.4, 0.5) is 0 Å². The van der Waals surface area contributed by atoms with Gasteiger partial charge in [0.2, 0.25) is 0 Å². The molecule has 3 rings (SSSR count). The molecule has 0 aliphatic rings. The lowest BCUT2D eigenvalue weighted by molar-refractivity contribution is -0.119. The van der Waals surface area contributed by atoms with Crippen LogP contribution in [0.5, 0.6) is 0 Å². The molecule has 3 aromatic rings. The van der Waals surface area contributed by atoms with E-state index < -0.39 is 0 Å². The summed E-state index contributed by atoms with van der Waals surface area (Å²) in [7, 11) is 0. The molecule has 2 aromatic carbocycles. The van der Waals surface area contributed by atoms with E-state index in [1.807, 2.05) is 30.5 Å². The van der Waals surface area contributed by atoms with Crippen LogP contribution in [0.1, 0.15) is 24.5 Å².